The first-order valence-electron chi connectivity index (χ1n) is 7.46. The lowest BCUT2D eigenvalue weighted by atomic mass is 9.82. The molecule has 0 saturated heterocycles. The van der Waals surface area contributed by atoms with Gasteiger partial charge < -0.3 is 10.2 Å². The van der Waals surface area contributed by atoms with Crippen LogP contribution in [0.15, 0.2) is 0 Å². The molecule has 0 fully saturated rings. The molecule has 0 aliphatic heterocycles. The third kappa shape index (κ3) is 5.71. The average molecular weight is 256 g/mol. The highest BCUT2D eigenvalue weighted by Gasteiger charge is 2.31. The van der Waals surface area contributed by atoms with Crippen LogP contribution in [0.3, 0.4) is 0 Å². The molecular weight excluding hydrogens is 220 g/mol. The van der Waals surface area contributed by atoms with E-state index >= 15 is 0 Å². The molecule has 0 heterocycles. The summed E-state index contributed by atoms with van der Waals surface area (Å²) in [5.41, 5.74) is 0.633. The van der Waals surface area contributed by atoms with E-state index < -0.39 is 0 Å². The predicted molar refractivity (Wildman–Crippen MR) is 83.1 cm³/mol. The molecular formula is C16H36N2. The first-order valence-corrected chi connectivity index (χ1v) is 7.46. The zero-order valence-electron chi connectivity index (χ0n) is 14.2. The average Bonchev–Trinajstić information content (AvgIpc) is 2.22. The standard InChI is InChI=1S/C16H36N2/c1-10-11-17-13(2)16(7,8)12-18(9)14(3)15(4,5)6/h13-14,17H,10-12H2,1-9H3. The summed E-state index contributed by atoms with van der Waals surface area (Å²) < 4.78 is 0. The highest BCUT2D eigenvalue weighted by atomic mass is 15.1. The summed E-state index contributed by atoms with van der Waals surface area (Å²) in [6.45, 7) is 20.8. The lowest BCUT2D eigenvalue weighted by molar-refractivity contribution is 0.0828. The molecule has 0 aromatic carbocycles. The van der Waals surface area contributed by atoms with Gasteiger partial charge in [-0.2, -0.15) is 0 Å². The molecule has 0 aromatic heterocycles. The van der Waals surface area contributed by atoms with E-state index in [1.807, 2.05) is 0 Å². The lowest BCUT2D eigenvalue weighted by Gasteiger charge is -2.42. The van der Waals surface area contributed by atoms with Crippen LogP contribution in [0.5, 0.6) is 0 Å². The second-order valence-electron chi connectivity index (χ2n) is 7.62. The lowest BCUT2D eigenvalue weighted by Crippen LogP contribution is -2.50. The molecule has 0 spiro atoms. The van der Waals surface area contributed by atoms with E-state index in [0.717, 1.165) is 13.1 Å². The van der Waals surface area contributed by atoms with Gasteiger partial charge in [-0.3, -0.25) is 0 Å². The summed E-state index contributed by atoms with van der Waals surface area (Å²) in [6, 6.07) is 1.14. The number of hydrogen-bond donors (Lipinski definition) is 1. The van der Waals surface area contributed by atoms with Gasteiger partial charge in [0.15, 0.2) is 0 Å². The van der Waals surface area contributed by atoms with Gasteiger partial charge in [0, 0.05) is 18.6 Å². The van der Waals surface area contributed by atoms with Crippen LogP contribution < -0.4 is 5.32 Å². The molecule has 0 bridgehead atoms. The Bertz CT molecular complexity index is 228. The third-order valence-electron chi connectivity index (χ3n) is 4.44. The smallest absolute Gasteiger partial charge is 0.0113 e. The van der Waals surface area contributed by atoms with Crippen molar-refractivity contribution in [1.29, 1.82) is 0 Å². The zero-order chi connectivity index (χ0) is 14.6. The van der Waals surface area contributed by atoms with Crippen LogP contribution in [0.25, 0.3) is 0 Å². The Labute approximate surface area is 116 Å². The Morgan fingerprint density at radius 1 is 1.06 bits per heavy atom. The fourth-order valence-corrected chi connectivity index (χ4v) is 2.21. The largest absolute Gasteiger partial charge is 0.314 e. The van der Waals surface area contributed by atoms with E-state index in [9.17, 15) is 0 Å². The Hall–Kier alpha value is -0.0800. The van der Waals surface area contributed by atoms with E-state index in [-0.39, 0.29) is 0 Å². The highest BCUT2D eigenvalue weighted by molar-refractivity contribution is 4.86. The van der Waals surface area contributed by atoms with Crippen molar-refractivity contribution in [2.24, 2.45) is 10.8 Å². The van der Waals surface area contributed by atoms with Crippen LogP contribution in [0.1, 0.15) is 61.8 Å². The predicted octanol–water partition coefficient (Wildman–Crippen LogP) is 3.77. The first-order chi connectivity index (χ1) is 8.02. The molecule has 2 atom stereocenters. The van der Waals surface area contributed by atoms with Crippen LogP contribution in [0.4, 0.5) is 0 Å². The minimum absolute atomic E-state index is 0.295. The van der Waals surface area contributed by atoms with Crippen molar-refractivity contribution in [3.63, 3.8) is 0 Å². The summed E-state index contributed by atoms with van der Waals surface area (Å²) in [4.78, 5) is 2.50. The molecule has 0 radical (unpaired) electrons. The van der Waals surface area contributed by atoms with Gasteiger partial charge in [0.1, 0.15) is 0 Å². The minimum Gasteiger partial charge on any atom is -0.314 e. The summed E-state index contributed by atoms with van der Waals surface area (Å²) in [7, 11) is 2.25. The van der Waals surface area contributed by atoms with Crippen LogP contribution in [0, 0.1) is 10.8 Å². The van der Waals surface area contributed by atoms with Crippen LogP contribution >= 0.6 is 0 Å². The molecule has 0 aliphatic carbocycles. The molecule has 0 rings (SSSR count). The molecule has 0 saturated carbocycles. The maximum Gasteiger partial charge on any atom is 0.0113 e. The minimum atomic E-state index is 0.295. The van der Waals surface area contributed by atoms with Gasteiger partial charge >= 0.3 is 0 Å². The molecule has 2 nitrogen and oxygen atoms in total. The molecule has 0 aromatic rings. The van der Waals surface area contributed by atoms with Crippen molar-refractivity contribution in [3.8, 4) is 0 Å². The summed E-state index contributed by atoms with van der Waals surface area (Å²) in [5, 5.41) is 3.63. The van der Waals surface area contributed by atoms with Crippen molar-refractivity contribution in [2.75, 3.05) is 20.1 Å². The van der Waals surface area contributed by atoms with E-state index in [1.54, 1.807) is 0 Å². The maximum atomic E-state index is 3.63. The SMILES string of the molecule is CCCNC(C)C(C)(C)CN(C)C(C)C(C)(C)C. The Balaban J connectivity index is 4.47. The van der Waals surface area contributed by atoms with Crippen molar-refractivity contribution < 1.29 is 0 Å². The number of nitrogens with zero attached hydrogens (tertiary/aromatic N) is 1. The van der Waals surface area contributed by atoms with E-state index in [1.165, 1.54) is 6.42 Å². The Kier molecular flexibility index (Phi) is 6.87. The van der Waals surface area contributed by atoms with Gasteiger partial charge in [-0.05, 0) is 44.7 Å². The Morgan fingerprint density at radius 2 is 1.56 bits per heavy atom. The highest BCUT2D eigenvalue weighted by Crippen LogP contribution is 2.28. The second kappa shape index (κ2) is 6.91. The Morgan fingerprint density at radius 3 is 1.94 bits per heavy atom. The molecule has 18 heavy (non-hydrogen) atoms. The van der Waals surface area contributed by atoms with Crippen LogP contribution in [-0.4, -0.2) is 37.1 Å². The summed E-state index contributed by atoms with van der Waals surface area (Å²) >= 11 is 0. The fourth-order valence-electron chi connectivity index (χ4n) is 2.21. The van der Waals surface area contributed by atoms with E-state index in [2.05, 4.69) is 72.7 Å². The molecule has 0 aliphatic rings. The zero-order valence-corrected chi connectivity index (χ0v) is 14.2. The fraction of sp³-hybridized carbons (Fsp3) is 1.00. The molecule has 2 heteroatoms. The van der Waals surface area contributed by atoms with Crippen molar-refractivity contribution in [3.05, 3.63) is 0 Å². The van der Waals surface area contributed by atoms with Gasteiger partial charge in [0.25, 0.3) is 0 Å². The molecule has 110 valence electrons. The number of rotatable bonds is 7. The summed E-state index contributed by atoms with van der Waals surface area (Å²) in [6.07, 6.45) is 1.20. The second-order valence-corrected chi connectivity index (χ2v) is 7.62. The maximum absolute atomic E-state index is 3.63. The van der Waals surface area contributed by atoms with Gasteiger partial charge in [0.2, 0.25) is 0 Å². The molecule has 1 N–H and O–H groups in total. The number of nitrogens with one attached hydrogen (secondary N) is 1. The van der Waals surface area contributed by atoms with Crippen LogP contribution in [-0.2, 0) is 0 Å². The third-order valence-corrected chi connectivity index (χ3v) is 4.44. The van der Waals surface area contributed by atoms with Crippen molar-refractivity contribution >= 4 is 0 Å². The van der Waals surface area contributed by atoms with Crippen LogP contribution in [0.2, 0.25) is 0 Å². The quantitative estimate of drug-likeness (QED) is 0.746. The topological polar surface area (TPSA) is 15.3 Å². The van der Waals surface area contributed by atoms with Gasteiger partial charge in [-0.1, -0.05) is 41.5 Å². The van der Waals surface area contributed by atoms with E-state index in [4.69, 9.17) is 0 Å². The summed E-state index contributed by atoms with van der Waals surface area (Å²) in [5.74, 6) is 0. The first kappa shape index (κ1) is 17.9. The van der Waals surface area contributed by atoms with Gasteiger partial charge in [-0.25, -0.2) is 0 Å². The monoisotopic (exact) mass is 256 g/mol. The van der Waals surface area contributed by atoms with Crippen molar-refractivity contribution in [1.82, 2.24) is 10.2 Å². The van der Waals surface area contributed by atoms with Gasteiger partial charge in [-0.15, -0.1) is 0 Å². The molecule has 2 unspecified atom stereocenters. The van der Waals surface area contributed by atoms with Crippen molar-refractivity contribution in [2.45, 2.75) is 73.9 Å². The van der Waals surface area contributed by atoms with Gasteiger partial charge in [0.05, 0.1) is 0 Å². The van der Waals surface area contributed by atoms with E-state index in [0.29, 0.717) is 22.9 Å². The normalized spacial score (nSPS) is 17.0. The number of hydrogen-bond acceptors (Lipinski definition) is 2. The molecule has 0 amide bonds.